The van der Waals surface area contributed by atoms with Crippen molar-refractivity contribution in [2.45, 2.75) is 13.0 Å². The van der Waals surface area contributed by atoms with Crippen LogP contribution in [0.5, 0.6) is 0 Å². The zero-order valence-electron chi connectivity index (χ0n) is 14.3. The molecule has 144 valence electrons. The highest BCUT2D eigenvalue weighted by Gasteiger charge is 2.15. The van der Waals surface area contributed by atoms with Crippen LogP contribution >= 0.6 is 11.6 Å². The summed E-state index contributed by atoms with van der Waals surface area (Å²) in [7, 11) is 0. The normalized spacial score (nSPS) is 11.7. The molecule has 2 aromatic rings. The molecule has 0 aliphatic carbocycles. The van der Waals surface area contributed by atoms with Crippen molar-refractivity contribution in [2.75, 3.05) is 18.4 Å². The van der Waals surface area contributed by atoms with Crippen molar-refractivity contribution in [3.63, 3.8) is 0 Å². The number of hydrogen-bond acceptors (Lipinski definition) is 3. The molecule has 9 heteroatoms. The minimum absolute atomic E-state index is 0.0690. The quantitative estimate of drug-likeness (QED) is 0.626. The molecule has 0 bridgehead atoms. The van der Waals surface area contributed by atoms with Crippen LogP contribution < -0.4 is 16.0 Å². The Morgan fingerprint density at radius 3 is 2.48 bits per heavy atom. The van der Waals surface area contributed by atoms with Gasteiger partial charge in [0, 0.05) is 11.1 Å². The van der Waals surface area contributed by atoms with Gasteiger partial charge in [-0.2, -0.15) is 0 Å². The molecular formula is C18H17ClF3N3O2. The molecule has 0 unspecified atom stereocenters. The largest absolute Gasteiger partial charge is 0.346 e. The molecule has 0 spiro atoms. The van der Waals surface area contributed by atoms with Gasteiger partial charge in [0.25, 0.3) is 0 Å². The van der Waals surface area contributed by atoms with Crippen molar-refractivity contribution in [2.24, 2.45) is 0 Å². The topological polar surface area (TPSA) is 70.2 Å². The minimum atomic E-state index is -1.68. The Morgan fingerprint density at radius 1 is 1.04 bits per heavy atom. The lowest BCUT2D eigenvalue weighted by Gasteiger charge is -2.14. The number of halogens is 4. The average Bonchev–Trinajstić information content (AvgIpc) is 2.65. The highest BCUT2D eigenvalue weighted by molar-refractivity contribution is 6.30. The summed E-state index contributed by atoms with van der Waals surface area (Å²) in [5.74, 6) is -5.80. The van der Waals surface area contributed by atoms with E-state index in [0.717, 1.165) is 11.6 Å². The molecule has 3 N–H and O–H groups in total. The molecule has 0 radical (unpaired) electrons. The summed E-state index contributed by atoms with van der Waals surface area (Å²) in [5, 5.41) is 7.94. The van der Waals surface area contributed by atoms with Gasteiger partial charge in [-0.1, -0.05) is 23.7 Å². The van der Waals surface area contributed by atoms with Gasteiger partial charge in [-0.05, 0) is 36.8 Å². The second-order valence-corrected chi connectivity index (χ2v) is 6.14. The number of nitrogens with one attached hydrogen (secondary N) is 3. The van der Waals surface area contributed by atoms with Crippen LogP contribution in [0.4, 0.5) is 18.9 Å². The Hall–Kier alpha value is -2.58. The summed E-state index contributed by atoms with van der Waals surface area (Å²) < 4.78 is 39.4. The Kier molecular flexibility index (Phi) is 7.20. The first-order valence-corrected chi connectivity index (χ1v) is 8.34. The molecule has 0 fully saturated rings. The average molecular weight is 400 g/mol. The zero-order valence-corrected chi connectivity index (χ0v) is 15.0. The number of amides is 2. The maximum absolute atomic E-state index is 13.5. The van der Waals surface area contributed by atoms with Crippen molar-refractivity contribution >= 4 is 29.1 Å². The number of carbonyl (C=O) groups excluding carboxylic acids is 2. The first kappa shape index (κ1) is 20.7. The van der Waals surface area contributed by atoms with Gasteiger partial charge in [0.2, 0.25) is 11.8 Å². The maximum Gasteiger partial charge on any atom is 0.243 e. The third-order valence-electron chi connectivity index (χ3n) is 3.67. The van der Waals surface area contributed by atoms with E-state index < -0.39 is 41.5 Å². The van der Waals surface area contributed by atoms with Gasteiger partial charge in [0.15, 0.2) is 17.5 Å². The van der Waals surface area contributed by atoms with E-state index in [-0.39, 0.29) is 12.6 Å². The summed E-state index contributed by atoms with van der Waals surface area (Å²) >= 11 is 5.91. The van der Waals surface area contributed by atoms with Crippen LogP contribution in [0.2, 0.25) is 5.02 Å². The van der Waals surface area contributed by atoms with Gasteiger partial charge in [-0.25, -0.2) is 13.2 Å². The molecule has 2 rings (SSSR count). The summed E-state index contributed by atoms with van der Waals surface area (Å²) in [6.07, 6.45) is 0. The maximum atomic E-state index is 13.5. The molecule has 2 amide bonds. The van der Waals surface area contributed by atoms with Crippen molar-refractivity contribution < 1.29 is 22.8 Å². The number of benzene rings is 2. The van der Waals surface area contributed by atoms with Gasteiger partial charge in [0.05, 0.1) is 18.8 Å². The second-order valence-electron chi connectivity index (χ2n) is 5.71. The van der Waals surface area contributed by atoms with Crippen LogP contribution in [0.15, 0.2) is 36.4 Å². The van der Waals surface area contributed by atoms with Gasteiger partial charge in [-0.15, -0.1) is 0 Å². The monoisotopic (exact) mass is 399 g/mol. The van der Waals surface area contributed by atoms with Crippen molar-refractivity contribution in [3.8, 4) is 0 Å². The molecule has 0 aromatic heterocycles. The van der Waals surface area contributed by atoms with E-state index in [2.05, 4.69) is 16.0 Å². The lowest BCUT2D eigenvalue weighted by molar-refractivity contribution is -0.123. The van der Waals surface area contributed by atoms with Crippen molar-refractivity contribution in [1.82, 2.24) is 10.6 Å². The number of rotatable bonds is 7. The van der Waals surface area contributed by atoms with E-state index in [4.69, 9.17) is 11.6 Å². The molecule has 0 aliphatic rings. The third-order valence-corrected chi connectivity index (χ3v) is 3.91. The van der Waals surface area contributed by atoms with E-state index in [1.807, 2.05) is 13.0 Å². The lowest BCUT2D eigenvalue weighted by Crippen LogP contribution is -2.39. The van der Waals surface area contributed by atoms with E-state index >= 15 is 0 Å². The van der Waals surface area contributed by atoms with Crippen LogP contribution in [-0.4, -0.2) is 24.9 Å². The fraction of sp³-hybridized carbons (Fsp3) is 0.222. The van der Waals surface area contributed by atoms with Gasteiger partial charge >= 0.3 is 0 Å². The van der Waals surface area contributed by atoms with Crippen molar-refractivity contribution in [3.05, 3.63) is 64.4 Å². The number of hydrogen-bond donors (Lipinski definition) is 3. The molecule has 0 aliphatic heterocycles. The second kappa shape index (κ2) is 9.38. The predicted octanol–water partition coefficient (Wildman–Crippen LogP) is 3.16. The fourth-order valence-corrected chi connectivity index (χ4v) is 2.40. The Labute approximate surface area is 158 Å². The van der Waals surface area contributed by atoms with E-state index in [1.165, 1.54) is 0 Å². The van der Waals surface area contributed by atoms with Crippen LogP contribution in [0.25, 0.3) is 0 Å². The zero-order chi connectivity index (χ0) is 20.0. The van der Waals surface area contributed by atoms with Gasteiger partial charge in [-0.3, -0.25) is 9.59 Å². The molecule has 0 saturated carbocycles. The summed E-state index contributed by atoms with van der Waals surface area (Å²) in [4.78, 5) is 23.5. The summed E-state index contributed by atoms with van der Waals surface area (Å²) in [6.45, 7) is 1.32. The van der Waals surface area contributed by atoms with Crippen LogP contribution in [-0.2, 0) is 9.59 Å². The molecule has 2 aromatic carbocycles. The highest BCUT2D eigenvalue weighted by atomic mass is 35.5. The van der Waals surface area contributed by atoms with Crippen molar-refractivity contribution in [1.29, 1.82) is 0 Å². The Balaban J connectivity index is 1.78. The Bertz CT molecular complexity index is 849. The lowest BCUT2D eigenvalue weighted by atomic mass is 10.1. The SMILES string of the molecule is C[C@@H](NCC(=O)NCC(=O)Nc1ccc(F)c(F)c1F)c1cccc(Cl)c1. The summed E-state index contributed by atoms with van der Waals surface area (Å²) in [5.41, 5.74) is 0.378. The molecule has 5 nitrogen and oxygen atoms in total. The van der Waals surface area contributed by atoms with Crippen LogP contribution in [0.3, 0.4) is 0 Å². The molecule has 0 saturated heterocycles. The first-order chi connectivity index (χ1) is 12.8. The molecule has 0 heterocycles. The standard InChI is InChI=1S/C18H17ClF3N3O2/c1-10(11-3-2-4-12(19)7-11)23-8-15(26)24-9-16(27)25-14-6-5-13(20)17(21)18(14)22/h2-7,10,23H,8-9H2,1H3,(H,24,26)(H,25,27)/t10-/m1/s1. The van der Waals surface area contributed by atoms with Gasteiger partial charge in [0.1, 0.15) is 0 Å². The third kappa shape index (κ3) is 5.97. The van der Waals surface area contributed by atoms with Gasteiger partial charge < -0.3 is 16.0 Å². The predicted molar refractivity (Wildman–Crippen MR) is 95.8 cm³/mol. The van der Waals surface area contributed by atoms with E-state index in [1.54, 1.807) is 18.2 Å². The van der Waals surface area contributed by atoms with Crippen LogP contribution in [0, 0.1) is 17.5 Å². The van der Waals surface area contributed by atoms with E-state index in [9.17, 15) is 22.8 Å². The first-order valence-electron chi connectivity index (χ1n) is 7.97. The van der Waals surface area contributed by atoms with E-state index in [0.29, 0.717) is 11.1 Å². The number of carbonyl (C=O) groups is 2. The molecule has 1 atom stereocenters. The fourth-order valence-electron chi connectivity index (χ4n) is 2.20. The highest BCUT2D eigenvalue weighted by Crippen LogP contribution is 2.19. The minimum Gasteiger partial charge on any atom is -0.346 e. The molecular weight excluding hydrogens is 383 g/mol. The molecule has 27 heavy (non-hydrogen) atoms. The van der Waals surface area contributed by atoms with Crippen LogP contribution in [0.1, 0.15) is 18.5 Å². The smallest absolute Gasteiger partial charge is 0.243 e. The summed E-state index contributed by atoms with van der Waals surface area (Å²) in [6, 6.07) is 8.57. The Morgan fingerprint density at radius 2 is 1.78 bits per heavy atom. The number of anilines is 1.